The Morgan fingerprint density at radius 2 is 2.00 bits per heavy atom. The van der Waals surface area contributed by atoms with Gasteiger partial charge in [-0.05, 0) is 17.7 Å². The van der Waals surface area contributed by atoms with Crippen molar-refractivity contribution in [2.45, 2.75) is 6.04 Å². The molecule has 2 N–H and O–H groups in total. The minimum absolute atomic E-state index is 0.0789. The lowest BCUT2D eigenvalue weighted by atomic mass is 10.1. The van der Waals surface area contributed by atoms with Crippen LogP contribution in [0.4, 0.5) is 5.82 Å². The molecule has 1 aromatic heterocycles. The zero-order valence-electron chi connectivity index (χ0n) is 11.0. The SMILES string of the molecule is COC(=O)c1ccc(NC(CO)c2ccccc2)nn1. The molecule has 1 unspecified atom stereocenters. The molecule has 0 saturated carbocycles. The van der Waals surface area contributed by atoms with Gasteiger partial charge in [-0.15, -0.1) is 10.2 Å². The quantitative estimate of drug-likeness (QED) is 0.801. The summed E-state index contributed by atoms with van der Waals surface area (Å²) in [4.78, 5) is 11.2. The van der Waals surface area contributed by atoms with Crippen molar-refractivity contribution in [1.29, 1.82) is 0 Å². The van der Waals surface area contributed by atoms with Crippen molar-refractivity contribution in [3.63, 3.8) is 0 Å². The molecule has 2 rings (SSSR count). The molecule has 0 fully saturated rings. The van der Waals surface area contributed by atoms with Gasteiger partial charge in [-0.25, -0.2) is 4.79 Å². The predicted molar refractivity (Wildman–Crippen MR) is 73.3 cm³/mol. The molecule has 1 atom stereocenters. The molecule has 0 amide bonds. The zero-order valence-corrected chi connectivity index (χ0v) is 11.0. The molecule has 0 spiro atoms. The highest BCUT2D eigenvalue weighted by atomic mass is 16.5. The van der Waals surface area contributed by atoms with Gasteiger partial charge in [0, 0.05) is 0 Å². The number of esters is 1. The summed E-state index contributed by atoms with van der Waals surface area (Å²) in [7, 11) is 1.29. The Hall–Kier alpha value is -2.47. The highest BCUT2D eigenvalue weighted by Crippen LogP contribution is 2.17. The highest BCUT2D eigenvalue weighted by molar-refractivity contribution is 5.86. The van der Waals surface area contributed by atoms with Crippen molar-refractivity contribution in [3.05, 3.63) is 53.7 Å². The summed E-state index contributed by atoms with van der Waals surface area (Å²) >= 11 is 0. The van der Waals surface area contributed by atoms with Crippen molar-refractivity contribution in [2.24, 2.45) is 0 Å². The first-order chi connectivity index (χ1) is 9.74. The van der Waals surface area contributed by atoms with Gasteiger partial charge in [0.2, 0.25) is 0 Å². The lowest BCUT2D eigenvalue weighted by Gasteiger charge is -2.16. The van der Waals surface area contributed by atoms with Gasteiger partial charge >= 0.3 is 5.97 Å². The topological polar surface area (TPSA) is 84.3 Å². The molecule has 2 aromatic rings. The summed E-state index contributed by atoms with van der Waals surface area (Å²) in [5, 5.41) is 20.1. The fourth-order valence-electron chi connectivity index (χ4n) is 1.72. The van der Waals surface area contributed by atoms with Gasteiger partial charge in [0.05, 0.1) is 19.8 Å². The Bertz CT molecular complexity index is 558. The van der Waals surface area contributed by atoms with E-state index in [-0.39, 0.29) is 18.3 Å². The fraction of sp³-hybridized carbons (Fsp3) is 0.214. The van der Waals surface area contributed by atoms with Crippen molar-refractivity contribution in [2.75, 3.05) is 19.0 Å². The fourth-order valence-corrected chi connectivity index (χ4v) is 1.72. The number of carbonyl (C=O) groups excluding carboxylic acids is 1. The number of anilines is 1. The number of aliphatic hydroxyl groups is 1. The number of rotatable bonds is 5. The Balaban J connectivity index is 2.10. The standard InChI is InChI=1S/C14H15N3O3/c1-20-14(19)11-7-8-13(17-16-11)15-12(9-18)10-5-3-2-4-6-10/h2-8,12,18H,9H2,1H3,(H,15,17). The van der Waals surface area contributed by atoms with Crippen LogP contribution in [0.15, 0.2) is 42.5 Å². The third-order valence-corrected chi connectivity index (χ3v) is 2.77. The first kappa shape index (κ1) is 14.0. The molecule has 0 radical (unpaired) electrons. The maximum atomic E-state index is 11.2. The molecule has 20 heavy (non-hydrogen) atoms. The smallest absolute Gasteiger partial charge is 0.358 e. The van der Waals surface area contributed by atoms with Gasteiger partial charge in [-0.2, -0.15) is 0 Å². The van der Waals surface area contributed by atoms with Gasteiger partial charge in [-0.1, -0.05) is 30.3 Å². The van der Waals surface area contributed by atoms with Crippen LogP contribution in [-0.4, -0.2) is 35.0 Å². The second-order valence-electron chi connectivity index (χ2n) is 4.09. The van der Waals surface area contributed by atoms with E-state index in [0.29, 0.717) is 5.82 Å². The van der Waals surface area contributed by atoms with Gasteiger partial charge in [0.1, 0.15) is 5.82 Å². The lowest BCUT2D eigenvalue weighted by molar-refractivity contribution is 0.0592. The number of aliphatic hydroxyl groups excluding tert-OH is 1. The monoisotopic (exact) mass is 273 g/mol. The maximum Gasteiger partial charge on any atom is 0.358 e. The number of hydrogen-bond donors (Lipinski definition) is 2. The molecular weight excluding hydrogens is 258 g/mol. The minimum Gasteiger partial charge on any atom is -0.464 e. The minimum atomic E-state index is -0.536. The van der Waals surface area contributed by atoms with E-state index < -0.39 is 5.97 Å². The Kier molecular flexibility index (Phi) is 4.62. The molecule has 0 aliphatic rings. The van der Waals surface area contributed by atoms with Crippen molar-refractivity contribution >= 4 is 11.8 Å². The van der Waals surface area contributed by atoms with Crippen molar-refractivity contribution in [3.8, 4) is 0 Å². The second-order valence-corrected chi connectivity index (χ2v) is 4.09. The lowest BCUT2D eigenvalue weighted by Crippen LogP contribution is -2.16. The molecule has 1 aromatic carbocycles. The van der Waals surface area contributed by atoms with Crippen LogP contribution in [0.5, 0.6) is 0 Å². The number of hydrogen-bond acceptors (Lipinski definition) is 6. The molecule has 104 valence electrons. The number of ether oxygens (including phenoxy) is 1. The second kappa shape index (κ2) is 6.63. The van der Waals surface area contributed by atoms with Crippen LogP contribution in [0.3, 0.4) is 0 Å². The van der Waals surface area contributed by atoms with E-state index in [2.05, 4.69) is 20.3 Å². The van der Waals surface area contributed by atoms with E-state index in [9.17, 15) is 9.90 Å². The van der Waals surface area contributed by atoms with Crippen LogP contribution in [0.25, 0.3) is 0 Å². The van der Waals surface area contributed by atoms with E-state index in [0.717, 1.165) is 5.56 Å². The first-order valence-electron chi connectivity index (χ1n) is 6.09. The number of aromatic nitrogens is 2. The number of nitrogens with one attached hydrogen (secondary N) is 1. The Labute approximate surface area is 116 Å². The molecule has 0 aliphatic carbocycles. The van der Waals surface area contributed by atoms with Gasteiger partial charge in [0.15, 0.2) is 5.69 Å². The van der Waals surface area contributed by atoms with Crippen molar-refractivity contribution in [1.82, 2.24) is 10.2 Å². The summed E-state index contributed by atoms with van der Waals surface area (Å²) in [6, 6.07) is 12.4. The van der Waals surface area contributed by atoms with Crippen molar-refractivity contribution < 1.29 is 14.6 Å². The number of methoxy groups -OCH3 is 1. The highest BCUT2D eigenvalue weighted by Gasteiger charge is 2.12. The molecule has 6 nitrogen and oxygen atoms in total. The average Bonchev–Trinajstić information content (AvgIpc) is 2.53. The molecular formula is C14H15N3O3. The molecule has 1 heterocycles. The molecule has 0 bridgehead atoms. The third kappa shape index (κ3) is 3.30. The largest absolute Gasteiger partial charge is 0.464 e. The van der Waals surface area contributed by atoms with Crippen LogP contribution in [-0.2, 0) is 4.74 Å². The average molecular weight is 273 g/mol. The van der Waals surface area contributed by atoms with Crippen LogP contribution >= 0.6 is 0 Å². The summed E-state index contributed by atoms with van der Waals surface area (Å²) < 4.78 is 4.55. The number of nitrogens with zero attached hydrogens (tertiary/aromatic N) is 2. The first-order valence-corrected chi connectivity index (χ1v) is 6.09. The van der Waals surface area contributed by atoms with E-state index in [1.165, 1.54) is 13.2 Å². The van der Waals surface area contributed by atoms with E-state index in [1.54, 1.807) is 6.07 Å². The Morgan fingerprint density at radius 1 is 1.25 bits per heavy atom. The van der Waals surface area contributed by atoms with Gasteiger partial charge < -0.3 is 15.2 Å². The van der Waals surface area contributed by atoms with E-state index in [4.69, 9.17) is 0 Å². The van der Waals surface area contributed by atoms with E-state index >= 15 is 0 Å². The third-order valence-electron chi connectivity index (χ3n) is 2.77. The van der Waals surface area contributed by atoms with Crippen LogP contribution in [0, 0.1) is 0 Å². The normalized spacial score (nSPS) is 11.7. The summed E-state index contributed by atoms with van der Waals surface area (Å²) in [5.41, 5.74) is 1.08. The summed E-state index contributed by atoms with van der Waals surface area (Å²) in [6.07, 6.45) is 0. The summed E-state index contributed by atoms with van der Waals surface area (Å²) in [6.45, 7) is -0.0789. The van der Waals surface area contributed by atoms with Crippen LogP contribution < -0.4 is 5.32 Å². The molecule has 6 heteroatoms. The summed E-state index contributed by atoms with van der Waals surface area (Å²) in [5.74, 6) is -0.0635. The molecule has 0 saturated heterocycles. The van der Waals surface area contributed by atoms with Gasteiger partial charge in [0.25, 0.3) is 0 Å². The van der Waals surface area contributed by atoms with Crippen LogP contribution in [0.2, 0.25) is 0 Å². The number of carbonyl (C=O) groups is 1. The predicted octanol–water partition coefficient (Wildman–Crippen LogP) is 1.41. The van der Waals surface area contributed by atoms with Gasteiger partial charge in [-0.3, -0.25) is 0 Å². The zero-order chi connectivity index (χ0) is 14.4. The molecule has 0 aliphatic heterocycles. The maximum absolute atomic E-state index is 11.2. The Morgan fingerprint density at radius 3 is 2.55 bits per heavy atom. The van der Waals surface area contributed by atoms with E-state index in [1.807, 2.05) is 30.3 Å². The number of benzene rings is 1. The van der Waals surface area contributed by atoms with Crippen LogP contribution in [0.1, 0.15) is 22.1 Å².